The zero-order chi connectivity index (χ0) is 19.5. The minimum atomic E-state index is -0.449. The SMILES string of the molecule is OCCCc1nnc(-c2cc(F)c3[nH]nc(/C=C/c4ccc(F)cc4)c3c2)[nH]1. The van der Waals surface area contributed by atoms with Crippen LogP contribution in [0.4, 0.5) is 8.78 Å². The van der Waals surface area contributed by atoms with Crippen molar-refractivity contribution in [1.82, 2.24) is 25.4 Å². The third-order valence-electron chi connectivity index (χ3n) is 4.34. The van der Waals surface area contributed by atoms with Gasteiger partial charge in [0.15, 0.2) is 5.82 Å². The smallest absolute Gasteiger partial charge is 0.161 e. The monoisotopic (exact) mass is 381 g/mol. The number of aryl methyl sites for hydroxylation is 1. The summed E-state index contributed by atoms with van der Waals surface area (Å²) in [6.07, 6.45) is 4.65. The predicted molar refractivity (Wildman–Crippen MR) is 102 cm³/mol. The molecule has 2 heterocycles. The van der Waals surface area contributed by atoms with Crippen molar-refractivity contribution in [3.63, 3.8) is 0 Å². The molecule has 0 unspecified atom stereocenters. The van der Waals surface area contributed by atoms with Crippen molar-refractivity contribution in [1.29, 1.82) is 0 Å². The average Bonchev–Trinajstić information content (AvgIpc) is 3.33. The third kappa shape index (κ3) is 3.67. The number of aromatic amines is 2. The molecule has 6 nitrogen and oxygen atoms in total. The number of halogens is 2. The van der Waals surface area contributed by atoms with Crippen LogP contribution in [0.15, 0.2) is 36.4 Å². The Labute approximate surface area is 159 Å². The number of rotatable bonds is 6. The molecule has 28 heavy (non-hydrogen) atoms. The van der Waals surface area contributed by atoms with Gasteiger partial charge in [-0.1, -0.05) is 18.2 Å². The van der Waals surface area contributed by atoms with E-state index >= 15 is 0 Å². The van der Waals surface area contributed by atoms with Gasteiger partial charge in [-0.15, -0.1) is 10.2 Å². The van der Waals surface area contributed by atoms with E-state index in [0.717, 1.165) is 5.56 Å². The summed E-state index contributed by atoms with van der Waals surface area (Å²) in [5, 5.41) is 24.5. The summed E-state index contributed by atoms with van der Waals surface area (Å²) in [7, 11) is 0. The van der Waals surface area contributed by atoms with Crippen LogP contribution < -0.4 is 0 Å². The number of fused-ring (bicyclic) bond motifs is 1. The van der Waals surface area contributed by atoms with Gasteiger partial charge in [-0.3, -0.25) is 5.10 Å². The molecule has 0 aliphatic carbocycles. The standard InChI is InChI=1S/C20H17F2N5O/c21-14-6-3-12(4-7-14)5-8-17-15-10-13(11-16(22)19(15)26-24-17)20-23-18(25-27-20)2-1-9-28/h3-8,10-11,28H,1-2,9H2,(H,24,26)(H,23,25,27)/b8-5+. The van der Waals surface area contributed by atoms with Gasteiger partial charge in [0, 0.05) is 24.0 Å². The fourth-order valence-electron chi connectivity index (χ4n) is 2.90. The molecule has 8 heteroatoms. The third-order valence-corrected chi connectivity index (χ3v) is 4.34. The molecule has 0 fully saturated rings. The van der Waals surface area contributed by atoms with E-state index in [0.29, 0.717) is 46.7 Å². The van der Waals surface area contributed by atoms with Gasteiger partial charge >= 0.3 is 0 Å². The molecule has 2 aromatic heterocycles. The van der Waals surface area contributed by atoms with Crippen molar-refractivity contribution >= 4 is 23.1 Å². The van der Waals surface area contributed by atoms with Crippen LogP contribution in [0.3, 0.4) is 0 Å². The lowest BCUT2D eigenvalue weighted by Gasteiger charge is -1.99. The van der Waals surface area contributed by atoms with Crippen LogP contribution >= 0.6 is 0 Å². The zero-order valence-corrected chi connectivity index (χ0v) is 14.8. The van der Waals surface area contributed by atoms with Gasteiger partial charge in [0.05, 0.1) is 5.69 Å². The number of aromatic nitrogens is 5. The van der Waals surface area contributed by atoms with E-state index in [-0.39, 0.29) is 12.4 Å². The number of aliphatic hydroxyl groups is 1. The summed E-state index contributed by atoms with van der Waals surface area (Å²) in [5.74, 6) is 0.325. The molecule has 0 aliphatic rings. The highest BCUT2D eigenvalue weighted by atomic mass is 19.1. The molecule has 0 radical (unpaired) electrons. The molecule has 4 rings (SSSR count). The van der Waals surface area contributed by atoms with Gasteiger partial charge in [-0.2, -0.15) is 5.10 Å². The Morgan fingerprint density at radius 1 is 1.04 bits per heavy atom. The minimum Gasteiger partial charge on any atom is -0.396 e. The first-order valence-corrected chi connectivity index (χ1v) is 8.78. The molecule has 0 atom stereocenters. The Hall–Kier alpha value is -3.39. The van der Waals surface area contributed by atoms with E-state index < -0.39 is 5.82 Å². The number of nitrogens with zero attached hydrogens (tertiary/aromatic N) is 3. The van der Waals surface area contributed by atoms with Gasteiger partial charge < -0.3 is 10.1 Å². The summed E-state index contributed by atoms with van der Waals surface area (Å²) in [6, 6.07) is 9.19. The lowest BCUT2D eigenvalue weighted by molar-refractivity contribution is 0.287. The van der Waals surface area contributed by atoms with E-state index in [2.05, 4.69) is 25.4 Å². The van der Waals surface area contributed by atoms with E-state index in [9.17, 15) is 8.78 Å². The first-order chi connectivity index (χ1) is 13.6. The molecule has 0 amide bonds. The molecule has 3 N–H and O–H groups in total. The van der Waals surface area contributed by atoms with Crippen LogP contribution in [-0.2, 0) is 6.42 Å². The Bertz CT molecular complexity index is 1130. The van der Waals surface area contributed by atoms with Crippen LogP contribution in [-0.4, -0.2) is 37.1 Å². The number of aliphatic hydroxyl groups excluding tert-OH is 1. The van der Waals surface area contributed by atoms with Gasteiger partial charge in [-0.25, -0.2) is 8.78 Å². The normalized spacial score (nSPS) is 11.7. The number of nitrogens with one attached hydrogen (secondary N) is 2. The molecule has 142 valence electrons. The van der Waals surface area contributed by atoms with E-state index in [1.807, 2.05) is 0 Å². The molecular weight excluding hydrogens is 364 g/mol. The van der Waals surface area contributed by atoms with Crippen molar-refractivity contribution < 1.29 is 13.9 Å². The van der Waals surface area contributed by atoms with Gasteiger partial charge in [0.25, 0.3) is 0 Å². The number of hydrogen-bond donors (Lipinski definition) is 3. The summed E-state index contributed by atoms with van der Waals surface area (Å²) in [5.41, 5.74) is 2.20. The number of hydrogen-bond acceptors (Lipinski definition) is 4. The number of H-pyrrole nitrogens is 2. The zero-order valence-electron chi connectivity index (χ0n) is 14.8. The van der Waals surface area contributed by atoms with Crippen molar-refractivity contribution in [2.24, 2.45) is 0 Å². The Kier molecular flexibility index (Phi) is 4.94. The molecule has 4 aromatic rings. The average molecular weight is 381 g/mol. The fourth-order valence-corrected chi connectivity index (χ4v) is 2.90. The van der Waals surface area contributed by atoms with Crippen molar-refractivity contribution in [3.8, 4) is 11.4 Å². The van der Waals surface area contributed by atoms with Crippen LogP contribution in [0, 0.1) is 11.6 Å². The topological polar surface area (TPSA) is 90.5 Å². The summed E-state index contributed by atoms with van der Waals surface area (Å²) < 4.78 is 27.6. The summed E-state index contributed by atoms with van der Waals surface area (Å²) >= 11 is 0. The first kappa shape index (κ1) is 18.0. The van der Waals surface area contributed by atoms with Gasteiger partial charge in [0.2, 0.25) is 0 Å². The maximum absolute atomic E-state index is 14.5. The second kappa shape index (κ2) is 7.69. The lowest BCUT2D eigenvalue weighted by atomic mass is 10.1. The maximum atomic E-state index is 14.5. The van der Waals surface area contributed by atoms with Crippen LogP contribution in [0.25, 0.3) is 34.4 Å². The van der Waals surface area contributed by atoms with Gasteiger partial charge in [-0.05, 0) is 42.3 Å². The van der Waals surface area contributed by atoms with Gasteiger partial charge in [0.1, 0.15) is 23.0 Å². The molecule has 2 aromatic carbocycles. The molecule has 0 saturated carbocycles. The second-order valence-electron chi connectivity index (χ2n) is 6.32. The van der Waals surface area contributed by atoms with Crippen LogP contribution in [0.2, 0.25) is 0 Å². The Morgan fingerprint density at radius 2 is 1.86 bits per heavy atom. The highest BCUT2D eigenvalue weighted by Crippen LogP contribution is 2.27. The van der Waals surface area contributed by atoms with E-state index in [1.165, 1.54) is 18.2 Å². The Morgan fingerprint density at radius 3 is 2.64 bits per heavy atom. The summed E-state index contributed by atoms with van der Waals surface area (Å²) in [4.78, 5) is 3.05. The van der Waals surface area contributed by atoms with Crippen molar-refractivity contribution in [3.05, 3.63) is 65.1 Å². The predicted octanol–water partition coefficient (Wildman–Crippen LogP) is 3.72. The van der Waals surface area contributed by atoms with Crippen molar-refractivity contribution in [2.45, 2.75) is 12.8 Å². The first-order valence-electron chi connectivity index (χ1n) is 8.78. The summed E-state index contributed by atoms with van der Waals surface area (Å²) in [6.45, 7) is 0.0649. The quantitative estimate of drug-likeness (QED) is 0.475. The molecule has 0 saturated heterocycles. The minimum absolute atomic E-state index is 0.0649. The fraction of sp³-hybridized carbons (Fsp3) is 0.150. The van der Waals surface area contributed by atoms with Crippen LogP contribution in [0.5, 0.6) is 0 Å². The maximum Gasteiger partial charge on any atom is 0.161 e. The van der Waals surface area contributed by atoms with Crippen molar-refractivity contribution in [2.75, 3.05) is 6.61 Å². The lowest BCUT2D eigenvalue weighted by Crippen LogP contribution is -1.91. The molecular formula is C20H17F2N5O. The van der Waals surface area contributed by atoms with Crippen LogP contribution in [0.1, 0.15) is 23.5 Å². The molecule has 0 bridgehead atoms. The highest BCUT2D eigenvalue weighted by molar-refractivity contribution is 5.92. The Balaban J connectivity index is 1.68. The van der Waals surface area contributed by atoms with E-state index in [4.69, 9.17) is 5.11 Å². The second-order valence-corrected chi connectivity index (χ2v) is 6.32. The largest absolute Gasteiger partial charge is 0.396 e. The van der Waals surface area contributed by atoms with E-state index in [1.54, 1.807) is 30.4 Å². The highest BCUT2D eigenvalue weighted by Gasteiger charge is 2.13. The molecule has 0 aliphatic heterocycles. The number of benzene rings is 2. The molecule has 0 spiro atoms.